The van der Waals surface area contributed by atoms with E-state index in [0.29, 0.717) is 12.6 Å². The molecule has 0 unspecified atom stereocenters. The summed E-state index contributed by atoms with van der Waals surface area (Å²) in [7, 11) is 0. The summed E-state index contributed by atoms with van der Waals surface area (Å²) in [5.74, 6) is 1.44. The predicted octanol–water partition coefficient (Wildman–Crippen LogP) is 4.02. The summed E-state index contributed by atoms with van der Waals surface area (Å²) in [6.07, 6.45) is 3.32. The van der Waals surface area contributed by atoms with Crippen LogP contribution in [0.3, 0.4) is 0 Å². The number of anilines is 1. The van der Waals surface area contributed by atoms with Crippen LogP contribution in [0, 0.1) is 0 Å². The number of thiophene rings is 1. The van der Waals surface area contributed by atoms with Gasteiger partial charge in [0, 0.05) is 16.9 Å². The van der Waals surface area contributed by atoms with Crippen molar-refractivity contribution >= 4 is 39.3 Å². The first-order chi connectivity index (χ1) is 10.00. The second-order valence-electron chi connectivity index (χ2n) is 6.00. The molecule has 3 heterocycles. The molecule has 0 fully saturated rings. The van der Waals surface area contributed by atoms with E-state index < -0.39 is 0 Å². The number of rotatable bonds is 4. The van der Waals surface area contributed by atoms with Crippen LogP contribution in [0.25, 0.3) is 10.2 Å². The van der Waals surface area contributed by atoms with E-state index in [-0.39, 0.29) is 5.60 Å². The number of thioether (sulfide) groups is 1. The lowest BCUT2D eigenvalue weighted by Gasteiger charge is -2.29. The maximum atomic E-state index is 5.94. The fourth-order valence-electron chi connectivity index (χ4n) is 2.47. The molecular formula is C15H21N3OS2. The first-order valence-corrected chi connectivity index (χ1v) is 9.15. The summed E-state index contributed by atoms with van der Waals surface area (Å²) in [4.78, 5) is 10.3. The highest BCUT2D eigenvalue weighted by atomic mass is 32.2. The number of unbranched alkanes of at least 4 members (excludes halogenated alkanes) is 1. The molecule has 4 nitrogen and oxygen atoms in total. The summed E-state index contributed by atoms with van der Waals surface area (Å²) in [6.45, 7) is 7.10. The van der Waals surface area contributed by atoms with Crippen LogP contribution in [-0.2, 0) is 17.8 Å². The topological polar surface area (TPSA) is 61.0 Å². The lowest BCUT2D eigenvalue weighted by atomic mass is 9.98. The molecule has 0 aliphatic carbocycles. The van der Waals surface area contributed by atoms with Crippen molar-refractivity contribution in [2.75, 3.05) is 11.5 Å². The molecule has 0 spiro atoms. The lowest BCUT2D eigenvalue weighted by molar-refractivity contribution is -0.0383. The van der Waals surface area contributed by atoms with Gasteiger partial charge in [0.05, 0.1) is 22.4 Å². The minimum absolute atomic E-state index is 0.0949. The Morgan fingerprint density at radius 1 is 1.38 bits per heavy atom. The van der Waals surface area contributed by atoms with Gasteiger partial charge >= 0.3 is 0 Å². The molecule has 0 radical (unpaired) electrons. The second-order valence-corrected chi connectivity index (χ2v) is 8.18. The zero-order chi connectivity index (χ0) is 15.0. The molecule has 2 aromatic heterocycles. The van der Waals surface area contributed by atoms with Crippen molar-refractivity contribution in [1.29, 1.82) is 0 Å². The fourth-order valence-corrected chi connectivity index (χ4v) is 5.13. The van der Waals surface area contributed by atoms with Crippen LogP contribution in [0.5, 0.6) is 0 Å². The Morgan fingerprint density at radius 2 is 2.19 bits per heavy atom. The van der Waals surface area contributed by atoms with Gasteiger partial charge in [-0.3, -0.25) is 0 Å². The van der Waals surface area contributed by atoms with E-state index in [4.69, 9.17) is 10.5 Å². The molecule has 1 aliphatic rings. The van der Waals surface area contributed by atoms with Crippen LogP contribution in [-0.4, -0.2) is 21.3 Å². The van der Waals surface area contributed by atoms with E-state index in [1.807, 2.05) is 11.3 Å². The number of nitrogens with zero attached hydrogens (tertiary/aromatic N) is 2. The molecule has 0 saturated heterocycles. The number of nitrogens with two attached hydrogens (primary N) is 1. The van der Waals surface area contributed by atoms with Crippen molar-refractivity contribution in [2.24, 2.45) is 0 Å². The molecule has 21 heavy (non-hydrogen) atoms. The van der Waals surface area contributed by atoms with E-state index in [2.05, 4.69) is 30.7 Å². The zero-order valence-corrected chi connectivity index (χ0v) is 14.4. The third-order valence-corrected chi connectivity index (χ3v) is 6.05. The van der Waals surface area contributed by atoms with Gasteiger partial charge in [0.2, 0.25) is 5.95 Å². The highest BCUT2D eigenvalue weighted by Gasteiger charge is 2.30. The van der Waals surface area contributed by atoms with Crippen LogP contribution in [0.1, 0.15) is 44.1 Å². The molecule has 3 rings (SSSR count). The summed E-state index contributed by atoms with van der Waals surface area (Å²) in [6, 6.07) is 0. The summed E-state index contributed by atoms with van der Waals surface area (Å²) in [5.41, 5.74) is 8.01. The highest BCUT2D eigenvalue weighted by molar-refractivity contribution is 7.99. The van der Waals surface area contributed by atoms with Crippen LogP contribution in [0.2, 0.25) is 0 Å². The van der Waals surface area contributed by atoms with Gasteiger partial charge in [0.15, 0.2) is 0 Å². The smallest absolute Gasteiger partial charge is 0.221 e. The van der Waals surface area contributed by atoms with E-state index in [1.165, 1.54) is 28.0 Å². The zero-order valence-electron chi connectivity index (χ0n) is 12.7. The number of hydrogen-bond acceptors (Lipinski definition) is 6. The van der Waals surface area contributed by atoms with Crippen molar-refractivity contribution < 1.29 is 4.74 Å². The number of hydrogen-bond donors (Lipinski definition) is 1. The molecule has 6 heteroatoms. The Bertz CT molecular complexity index is 666. The summed E-state index contributed by atoms with van der Waals surface area (Å²) >= 11 is 3.60. The standard InChI is InChI=1S/C15H21N3OS2/c1-4-5-6-20-13-12-11(17-14(16)18-13)9-8-19-15(2,3)7-10(9)21-12/h4-8H2,1-3H3,(H2,16,17,18). The van der Waals surface area contributed by atoms with E-state index in [9.17, 15) is 0 Å². The van der Waals surface area contributed by atoms with Gasteiger partial charge in [-0.2, -0.15) is 0 Å². The van der Waals surface area contributed by atoms with Crippen molar-refractivity contribution in [3.05, 3.63) is 10.4 Å². The molecule has 114 valence electrons. The molecule has 1 aliphatic heterocycles. The average Bonchev–Trinajstić information content (AvgIpc) is 2.75. The Hall–Kier alpha value is -0.850. The van der Waals surface area contributed by atoms with Crippen molar-refractivity contribution in [3.63, 3.8) is 0 Å². The maximum absolute atomic E-state index is 5.94. The van der Waals surface area contributed by atoms with Gasteiger partial charge < -0.3 is 10.5 Å². The number of aromatic nitrogens is 2. The Morgan fingerprint density at radius 3 is 2.95 bits per heavy atom. The normalized spacial score (nSPS) is 17.1. The monoisotopic (exact) mass is 323 g/mol. The van der Waals surface area contributed by atoms with Gasteiger partial charge in [-0.1, -0.05) is 13.3 Å². The van der Waals surface area contributed by atoms with Crippen LogP contribution >= 0.6 is 23.1 Å². The van der Waals surface area contributed by atoms with Crippen molar-refractivity contribution in [2.45, 2.75) is 57.3 Å². The minimum Gasteiger partial charge on any atom is -0.370 e. The average molecular weight is 323 g/mol. The summed E-state index contributed by atoms with van der Waals surface area (Å²) in [5, 5.41) is 1.03. The maximum Gasteiger partial charge on any atom is 0.221 e. The van der Waals surface area contributed by atoms with Crippen molar-refractivity contribution in [3.8, 4) is 0 Å². The fraction of sp³-hybridized carbons (Fsp3) is 0.600. The predicted molar refractivity (Wildman–Crippen MR) is 90.0 cm³/mol. The third-order valence-electron chi connectivity index (χ3n) is 3.63. The molecule has 0 aromatic carbocycles. The minimum atomic E-state index is -0.0949. The molecule has 0 atom stereocenters. The van der Waals surface area contributed by atoms with Gasteiger partial charge in [0.25, 0.3) is 0 Å². The first-order valence-electron chi connectivity index (χ1n) is 7.34. The van der Waals surface area contributed by atoms with E-state index in [1.54, 1.807) is 11.8 Å². The molecule has 0 saturated carbocycles. The number of ether oxygens (including phenoxy) is 1. The third kappa shape index (κ3) is 3.03. The number of nitrogen functional groups attached to an aromatic ring is 1. The first kappa shape index (κ1) is 15.1. The van der Waals surface area contributed by atoms with Crippen molar-refractivity contribution in [1.82, 2.24) is 9.97 Å². The molecule has 2 N–H and O–H groups in total. The molecular weight excluding hydrogens is 302 g/mol. The SMILES string of the molecule is CCCCSc1nc(N)nc2c3c(sc12)CC(C)(C)OC3. The molecule has 0 amide bonds. The lowest BCUT2D eigenvalue weighted by Crippen LogP contribution is -2.30. The Balaban J connectivity index is 2.03. The summed E-state index contributed by atoms with van der Waals surface area (Å²) < 4.78 is 7.11. The Kier molecular flexibility index (Phi) is 4.12. The quantitative estimate of drug-likeness (QED) is 0.523. The van der Waals surface area contributed by atoms with E-state index in [0.717, 1.165) is 22.7 Å². The van der Waals surface area contributed by atoms with Crippen LogP contribution < -0.4 is 5.73 Å². The van der Waals surface area contributed by atoms with E-state index >= 15 is 0 Å². The van der Waals surface area contributed by atoms with Gasteiger partial charge in [-0.15, -0.1) is 23.1 Å². The largest absolute Gasteiger partial charge is 0.370 e. The highest BCUT2D eigenvalue weighted by Crippen LogP contribution is 2.41. The van der Waals surface area contributed by atoms with Gasteiger partial charge in [-0.05, 0) is 26.0 Å². The van der Waals surface area contributed by atoms with Gasteiger partial charge in [-0.25, -0.2) is 9.97 Å². The van der Waals surface area contributed by atoms with Crippen LogP contribution in [0.15, 0.2) is 5.03 Å². The molecule has 2 aromatic rings. The van der Waals surface area contributed by atoms with Gasteiger partial charge in [0.1, 0.15) is 5.03 Å². The Labute approximate surface area is 133 Å². The van der Waals surface area contributed by atoms with Crippen LogP contribution in [0.4, 0.5) is 5.95 Å². The molecule has 0 bridgehead atoms. The number of fused-ring (bicyclic) bond motifs is 3. The second kappa shape index (κ2) is 5.74.